The van der Waals surface area contributed by atoms with Crippen LogP contribution < -0.4 is 5.32 Å². The number of rotatable bonds is 5. The van der Waals surface area contributed by atoms with Crippen LogP contribution in [-0.2, 0) is 5.54 Å². The van der Waals surface area contributed by atoms with Gasteiger partial charge in [-0.2, -0.15) is 5.10 Å². The van der Waals surface area contributed by atoms with E-state index in [1.165, 1.54) is 0 Å². The fourth-order valence-electron chi connectivity index (χ4n) is 2.77. The van der Waals surface area contributed by atoms with Gasteiger partial charge < -0.3 is 10.4 Å². The molecule has 2 rings (SSSR count). The van der Waals surface area contributed by atoms with Crippen LogP contribution in [0.4, 0.5) is 0 Å². The van der Waals surface area contributed by atoms with E-state index in [4.69, 9.17) is 0 Å². The lowest BCUT2D eigenvalue weighted by molar-refractivity contribution is 0.0818. The molecule has 1 aromatic heterocycles. The number of amides is 1. The molecule has 0 radical (unpaired) electrons. The van der Waals surface area contributed by atoms with Crippen molar-refractivity contribution >= 4 is 5.91 Å². The van der Waals surface area contributed by atoms with Gasteiger partial charge in [-0.15, -0.1) is 0 Å². The molecule has 1 atom stereocenters. The zero-order valence-electron chi connectivity index (χ0n) is 14.6. The Kier molecular flexibility index (Phi) is 4.39. The standard InChI is InChI=1S/C17H29N3O2/c1-11(2)14-9-13(19-20(14)16(3,4)5)15(22)18-17(6,10-21)12-7-8-12/h9,11-12,21H,7-8,10H2,1-6H3,(H,18,22). The van der Waals surface area contributed by atoms with Crippen molar-refractivity contribution in [2.75, 3.05) is 6.61 Å². The number of hydrogen-bond acceptors (Lipinski definition) is 3. The molecule has 1 amide bonds. The summed E-state index contributed by atoms with van der Waals surface area (Å²) < 4.78 is 1.93. The van der Waals surface area contributed by atoms with Crippen LogP contribution in [0.1, 0.15) is 76.5 Å². The Balaban J connectivity index is 2.27. The van der Waals surface area contributed by atoms with E-state index in [0.717, 1.165) is 18.5 Å². The lowest BCUT2D eigenvalue weighted by Crippen LogP contribution is -2.50. The molecule has 1 aromatic rings. The van der Waals surface area contributed by atoms with Gasteiger partial charge in [0.2, 0.25) is 0 Å². The second-order valence-corrected chi connectivity index (χ2v) is 8.00. The van der Waals surface area contributed by atoms with Gasteiger partial charge in [-0.05, 0) is 58.4 Å². The molecule has 1 aliphatic carbocycles. The highest BCUT2D eigenvalue weighted by atomic mass is 16.3. The van der Waals surface area contributed by atoms with Crippen LogP contribution in [0, 0.1) is 5.92 Å². The Labute approximate surface area is 133 Å². The molecule has 2 N–H and O–H groups in total. The van der Waals surface area contributed by atoms with E-state index in [9.17, 15) is 9.90 Å². The van der Waals surface area contributed by atoms with Crippen LogP contribution in [0.25, 0.3) is 0 Å². The van der Waals surface area contributed by atoms with Gasteiger partial charge in [0.15, 0.2) is 0 Å². The summed E-state index contributed by atoms with van der Waals surface area (Å²) in [5, 5.41) is 17.1. The number of nitrogens with zero attached hydrogens (tertiary/aromatic N) is 2. The number of aromatic nitrogens is 2. The predicted octanol–water partition coefficient (Wildman–Crippen LogP) is 2.65. The number of carbonyl (C=O) groups excluding carboxylic acids is 1. The molecule has 5 heteroatoms. The van der Waals surface area contributed by atoms with Crippen LogP contribution in [0.15, 0.2) is 6.07 Å². The SMILES string of the molecule is CC(C)c1cc(C(=O)NC(C)(CO)C2CC2)nn1C(C)(C)C. The summed E-state index contributed by atoms with van der Waals surface area (Å²) in [4.78, 5) is 12.6. The fourth-order valence-corrected chi connectivity index (χ4v) is 2.77. The van der Waals surface area contributed by atoms with E-state index >= 15 is 0 Å². The van der Waals surface area contributed by atoms with Crippen molar-refractivity contribution in [3.05, 3.63) is 17.5 Å². The Hall–Kier alpha value is -1.36. The summed E-state index contributed by atoms with van der Waals surface area (Å²) in [6.07, 6.45) is 2.12. The third-order valence-electron chi connectivity index (χ3n) is 4.40. The Morgan fingerprint density at radius 2 is 2.00 bits per heavy atom. The van der Waals surface area contributed by atoms with Crippen LogP contribution in [0.2, 0.25) is 0 Å². The first kappa shape index (κ1) is 17.0. The van der Waals surface area contributed by atoms with Gasteiger partial charge in [0, 0.05) is 5.69 Å². The van der Waals surface area contributed by atoms with Gasteiger partial charge in [0.05, 0.1) is 17.7 Å². The minimum atomic E-state index is -0.541. The molecule has 0 bridgehead atoms. The highest BCUT2D eigenvalue weighted by molar-refractivity contribution is 5.93. The van der Waals surface area contributed by atoms with Crippen molar-refractivity contribution < 1.29 is 9.90 Å². The van der Waals surface area contributed by atoms with Gasteiger partial charge in [-0.25, -0.2) is 0 Å². The summed E-state index contributed by atoms with van der Waals surface area (Å²) in [5.41, 5.74) is 0.767. The average molecular weight is 307 g/mol. The Morgan fingerprint density at radius 3 is 2.36 bits per heavy atom. The molecule has 0 saturated heterocycles. The molecular formula is C17H29N3O2. The Bertz CT molecular complexity index is 553. The zero-order valence-corrected chi connectivity index (χ0v) is 14.6. The predicted molar refractivity (Wildman–Crippen MR) is 87.0 cm³/mol. The van der Waals surface area contributed by atoms with E-state index in [1.807, 2.05) is 17.7 Å². The highest BCUT2D eigenvalue weighted by Crippen LogP contribution is 2.39. The van der Waals surface area contributed by atoms with Gasteiger partial charge in [-0.1, -0.05) is 13.8 Å². The monoisotopic (exact) mass is 307 g/mol. The lowest BCUT2D eigenvalue weighted by Gasteiger charge is -2.28. The van der Waals surface area contributed by atoms with Gasteiger partial charge in [0.1, 0.15) is 5.69 Å². The van der Waals surface area contributed by atoms with E-state index in [1.54, 1.807) is 0 Å². The minimum Gasteiger partial charge on any atom is -0.394 e. The first-order chi connectivity index (χ1) is 10.1. The van der Waals surface area contributed by atoms with Crippen LogP contribution in [0.3, 0.4) is 0 Å². The molecule has 124 valence electrons. The number of carbonyl (C=O) groups is 1. The maximum absolute atomic E-state index is 12.6. The number of hydrogen-bond donors (Lipinski definition) is 2. The quantitative estimate of drug-likeness (QED) is 0.879. The van der Waals surface area contributed by atoms with Gasteiger partial charge in [-0.3, -0.25) is 9.48 Å². The molecule has 1 heterocycles. The van der Waals surface area contributed by atoms with Crippen LogP contribution >= 0.6 is 0 Å². The summed E-state index contributed by atoms with van der Waals surface area (Å²) in [6, 6.07) is 1.87. The lowest BCUT2D eigenvalue weighted by atomic mass is 9.96. The fraction of sp³-hybridized carbons (Fsp3) is 0.765. The summed E-state index contributed by atoms with van der Waals surface area (Å²) in [5.74, 6) is 0.463. The minimum absolute atomic E-state index is 0.0412. The highest BCUT2D eigenvalue weighted by Gasteiger charge is 2.42. The zero-order chi connectivity index (χ0) is 16.7. The number of nitrogens with one attached hydrogen (secondary N) is 1. The summed E-state index contributed by atoms with van der Waals surface area (Å²) in [7, 11) is 0. The van der Waals surface area contributed by atoms with Gasteiger partial charge in [0.25, 0.3) is 5.91 Å². The molecule has 0 aromatic carbocycles. The molecule has 22 heavy (non-hydrogen) atoms. The normalized spacial score (nSPS) is 18.4. The van der Waals surface area contributed by atoms with Gasteiger partial charge >= 0.3 is 0 Å². The van der Waals surface area contributed by atoms with E-state index in [-0.39, 0.29) is 18.1 Å². The molecule has 0 aliphatic heterocycles. The van der Waals surface area contributed by atoms with Crippen molar-refractivity contribution in [3.8, 4) is 0 Å². The molecule has 1 aliphatic rings. The second kappa shape index (κ2) is 5.69. The molecule has 1 fully saturated rings. The Morgan fingerprint density at radius 1 is 1.41 bits per heavy atom. The van der Waals surface area contributed by atoms with Crippen molar-refractivity contribution in [3.63, 3.8) is 0 Å². The summed E-state index contributed by atoms with van der Waals surface area (Å²) >= 11 is 0. The van der Waals surface area contributed by atoms with E-state index in [2.05, 4.69) is 45.0 Å². The first-order valence-corrected chi connectivity index (χ1v) is 8.12. The number of aliphatic hydroxyl groups excluding tert-OH is 1. The van der Waals surface area contributed by atoms with Crippen LogP contribution in [0.5, 0.6) is 0 Å². The maximum Gasteiger partial charge on any atom is 0.272 e. The summed E-state index contributed by atoms with van der Waals surface area (Å²) in [6.45, 7) is 12.3. The topological polar surface area (TPSA) is 67.2 Å². The molecule has 0 spiro atoms. The second-order valence-electron chi connectivity index (χ2n) is 8.00. The first-order valence-electron chi connectivity index (χ1n) is 8.12. The number of aliphatic hydroxyl groups is 1. The third kappa shape index (κ3) is 3.35. The van der Waals surface area contributed by atoms with Crippen molar-refractivity contribution in [2.45, 2.75) is 71.4 Å². The van der Waals surface area contributed by atoms with Crippen molar-refractivity contribution in [2.24, 2.45) is 5.92 Å². The third-order valence-corrected chi connectivity index (χ3v) is 4.40. The largest absolute Gasteiger partial charge is 0.394 e. The van der Waals surface area contributed by atoms with E-state index < -0.39 is 5.54 Å². The van der Waals surface area contributed by atoms with E-state index in [0.29, 0.717) is 17.5 Å². The van der Waals surface area contributed by atoms with Crippen molar-refractivity contribution in [1.82, 2.24) is 15.1 Å². The molecule has 5 nitrogen and oxygen atoms in total. The van der Waals surface area contributed by atoms with Crippen molar-refractivity contribution in [1.29, 1.82) is 0 Å². The molecule has 1 unspecified atom stereocenters. The average Bonchev–Trinajstić information content (AvgIpc) is 3.15. The van der Waals surface area contributed by atoms with Crippen LogP contribution in [-0.4, -0.2) is 32.9 Å². The smallest absolute Gasteiger partial charge is 0.272 e. The molecule has 1 saturated carbocycles. The maximum atomic E-state index is 12.6. The molecular weight excluding hydrogens is 278 g/mol.